The Labute approximate surface area is 82.1 Å². The Bertz CT molecular complexity index is 455. The van der Waals surface area contributed by atoms with Crippen molar-refractivity contribution in [1.82, 2.24) is 4.98 Å². The maximum Gasteiger partial charge on any atom is 0.306 e. The number of nitriles is 1. The Morgan fingerprint density at radius 2 is 2.27 bits per heavy atom. The van der Waals surface area contributed by atoms with Gasteiger partial charge in [0.25, 0.3) is 6.43 Å². The van der Waals surface area contributed by atoms with E-state index in [1.807, 2.05) is 0 Å². The molecule has 0 fully saturated rings. The molecule has 78 valence electrons. The van der Waals surface area contributed by atoms with E-state index in [4.69, 9.17) is 11.0 Å². The molecule has 0 unspecified atom stereocenters. The van der Waals surface area contributed by atoms with Crippen LogP contribution in [0.3, 0.4) is 0 Å². The number of halogens is 2. The molecular weight excluding hydrogens is 210 g/mol. The maximum absolute atomic E-state index is 12.3. The zero-order valence-electron chi connectivity index (χ0n) is 7.15. The van der Waals surface area contributed by atoms with Crippen LogP contribution in [0.25, 0.3) is 0 Å². The zero-order valence-corrected chi connectivity index (χ0v) is 7.15. The van der Waals surface area contributed by atoms with Crippen molar-refractivity contribution < 1.29 is 13.7 Å². The van der Waals surface area contributed by atoms with Gasteiger partial charge >= 0.3 is 5.69 Å². The van der Waals surface area contributed by atoms with Crippen LogP contribution in [0.2, 0.25) is 0 Å². The summed E-state index contributed by atoms with van der Waals surface area (Å²) in [5.41, 5.74) is 3.00. The Morgan fingerprint density at radius 1 is 1.67 bits per heavy atom. The van der Waals surface area contributed by atoms with E-state index in [0.29, 0.717) is 6.07 Å². The van der Waals surface area contributed by atoms with Crippen LogP contribution in [0.15, 0.2) is 6.07 Å². The minimum Gasteiger partial charge on any atom is -0.383 e. The number of nitrogens with two attached hydrogens (primary N) is 1. The Balaban J connectivity index is 3.45. The number of rotatable bonds is 2. The van der Waals surface area contributed by atoms with Gasteiger partial charge in [-0.2, -0.15) is 5.26 Å². The smallest absolute Gasteiger partial charge is 0.306 e. The van der Waals surface area contributed by atoms with E-state index in [1.54, 1.807) is 0 Å². The van der Waals surface area contributed by atoms with Gasteiger partial charge in [-0.1, -0.05) is 0 Å². The summed E-state index contributed by atoms with van der Waals surface area (Å²) in [6.07, 6.45) is -2.97. The monoisotopic (exact) mass is 214 g/mol. The summed E-state index contributed by atoms with van der Waals surface area (Å²) in [6.45, 7) is 0. The van der Waals surface area contributed by atoms with Gasteiger partial charge in [-0.3, -0.25) is 10.1 Å². The fourth-order valence-corrected chi connectivity index (χ4v) is 0.928. The van der Waals surface area contributed by atoms with Crippen LogP contribution in [0.1, 0.15) is 17.7 Å². The molecule has 0 saturated carbocycles. The van der Waals surface area contributed by atoms with Crippen LogP contribution < -0.4 is 5.73 Å². The first-order valence-electron chi connectivity index (χ1n) is 3.60. The summed E-state index contributed by atoms with van der Waals surface area (Å²) in [5, 5.41) is 18.9. The topological polar surface area (TPSA) is 106 Å². The zero-order chi connectivity index (χ0) is 11.6. The minimum atomic E-state index is -2.97. The number of alkyl halides is 2. The van der Waals surface area contributed by atoms with E-state index in [9.17, 15) is 18.9 Å². The number of hydrogen-bond donors (Lipinski definition) is 1. The first kappa shape index (κ1) is 10.8. The molecule has 6 nitrogen and oxygen atoms in total. The van der Waals surface area contributed by atoms with Crippen LogP contribution in [0.4, 0.5) is 20.3 Å². The van der Waals surface area contributed by atoms with Crippen LogP contribution in [-0.2, 0) is 0 Å². The Hall–Kier alpha value is -2.30. The lowest BCUT2D eigenvalue weighted by Crippen LogP contribution is -2.04. The van der Waals surface area contributed by atoms with E-state index >= 15 is 0 Å². The summed E-state index contributed by atoms with van der Waals surface area (Å²) < 4.78 is 24.6. The van der Waals surface area contributed by atoms with Crippen LogP contribution >= 0.6 is 0 Å². The SMILES string of the molecule is N#Cc1nc(N)c(C(F)F)cc1[N+](=O)[O-]. The van der Waals surface area contributed by atoms with Crippen molar-refractivity contribution in [2.75, 3.05) is 5.73 Å². The second-order valence-corrected chi connectivity index (χ2v) is 2.50. The molecule has 2 N–H and O–H groups in total. The standard InChI is InChI=1S/C7H4F2N4O2/c8-6(9)3-1-5(13(14)15)4(2-10)12-7(3)11/h1,6H,(H2,11,12). The third kappa shape index (κ3) is 1.96. The first-order valence-corrected chi connectivity index (χ1v) is 3.60. The number of nitrogen functional groups attached to an aromatic ring is 1. The maximum atomic E-state index is 12.3. The summed E-state index contributed by atoms with van der Waals surface area (Å²) in [7, 11) is 0. The predicted molar refractivity (Wildman–Crippen MR) is 45.0 cm³/mol. The first-order chi connectivity index (χ1) is 6.97. The summed E-state index contributed by atoms with van der Waals surface area (Å²) in [4.78, 5) is 12.7. The fourth-order valence-electron chi connectivity index (χ4n) is 0.928. The van der Waals surface area contributed by atoms with Crippen molar-refractivity contribution in [2.45, 2.75) is 6.43 Å². The van der Waals surface area contributed by atoms with Crippen molar-refractivity contribution in [2.24, 2.45) is 0 Å². The van der Waals surface area contributed by atoms with Gasteiger partial charge in [-0.05, 0) is 0 Å². The normalized spacial score (nSPS) is 10.0. The van der Waals surface area contributed by atoms with Crippen molar-refractivity contribution in [1.29, 1.82) is 5.26 Å². The fraction of sp³-hybridized carbons (Fsp3) is 0.143. The lowest BCUT2D eigenvalue weighted by atomic mass is 10.2. The second kappa shape index (κ2) is 3.83. The number of hydrogen-bond acceptors (Lipinski definition) is 5. The van der Waals surface area contributed by atoms with E-state index in [-0.39, 0.29) is 0 Å². The minimum absolute atomic E-state index is 0.561. The van der Waals surface area contributed by atoms with Crippen molar-refractivity contribution in [3.8, 4) is 6.07 Å². The lowest BCUT2D eigenvalue weighted by Gasteiger charge is -2.03. The molecule has 0 aromatic carbocycles. The van der Waals surface area contributed by atoms with Gasteiger partial charge in [-0.15, -0.1) is 0 Å². The van der Waals surface area contributed by atoms with Gasteiger partial charge in [0.2, 0.25) is 5.69 Å². The van der Waals surface area contributed by atoms with E-state index in [2.05, 4.69) is 4.98 Å². The Morgan fingerprint density at radius 3 is 2.67 bits per heavy atom. The number of pyridine rings is 1. The largest absolute Gasteiger partial charge is 0.383 e. The number of nitro groups is 1. The molecule has 0 atom stereocenters. The van der Waals surface area contributed by atoms with Gasteiger partial charge in [0.05, 0.1) is 10.5 Å². The summed E-state index contributed by atoms with van der Waals surface area (Å²) >= 11 is 0. The predicted octanol–water partition coefficient (Wildman–Crippen LogP) is 1.38. The molecule has 0 aliphatic rings. The van der Waals surface area contributed by atoms with Gasteiger partial charge < -0.3 is 5.73 Å². The lowest BCUT2D eigenvalue weighted by molar-refractivity contribution is -0.385. The molecule has 1 aromatic rings. The third-order valence-corrected chi connectivity index (χ3v) is 1.60. The molecule has 1 rings (SSSR count). The average Bonchev–Trinajstić information content (AvgIpc) is 2.16. The molecule has 0 bridgehead atoms. The number of aromatic nitrogens is 1. The molecule has 0 aliphatic carbocycles. The molecule has 0 spiro atoms. The summed E-state index contributed by atoms with van der Waals surface area (Å²) in [6, 6.07) is 1.97. The molecule has 15 heavy (non-hydrogen) atoms. The molecule has 0 radical (unpaired) electrons. The van der Waals surface area contributed by atoms with E-state index in [0.717, 1.165) is 0 Å². The molecule has 1 aromatic heterocycles. The number of anilines is 1. The van der Waals surface area contributed by atoms with E-state index in [1.165, 1.54) is 6.07 Å². The quantitative estimate of drug-likeness (QED) is 0.591. The van der Waals surface area contributed by atoms with Gasteiger partial charge in [0, 0.05) is 6.07 Å². The summed E-state index contributed by atoms with van der Waals surface area (Å²) in [5.74, 6) is -0.577. The van der Waals surface area contributed by atoms with Crippen LogP contribution in [0, 0.1) is 21.4 Å². The highest BCUT2D eigenvalue weighted by Gasteiger charge is 2.22. The molecular formula is C7H4F2N4O2. The molecule has 1 heterocycles. The van der Waals surface area contributed by atoms with Crippen LogP contribution in [0.5, 0.6) is 0 Å². The number of nitrogens with zero attached hydrogens (tertiary/aromatic N) is 3. The van der Waals surface area contributed by atoms with Crippen LogP contribution in [-0.4, -0.2) is 9.91 Å². The van der Waals surface area contributed by atoms with Gasteiger partial charge in [0.15, 0.2) is 0 Å². The molecule has 8 heteroatoms. The Kier molecular flexibility index (Phi) is 2.75. The van der Waals surface area contributed by atoms with Gasteiger partial charge in [0.1, 0.15) is 11.9 Å². The molecule has 0 amide bonds. The highest BCUT2D eigenvalue weighted by Crippen LogP contribution is 2.28. The highest BCUT2D eigenvalue weighted by molar-refractivity contribution is 5.54. The second-order valence-electron chi connectivity index (χ2n) is 2.50. The van der Waals surface area contributed by atoms with Crippen molar-refractivity contribution in [3.63, 3.8) is 0 Å². The molecule has 0 aliphatic heterocycles. The van der Waals surface area contributed by atoms with E-state index < -0.39 is 34.1 Å². The average molecular weight is 214 g/mol. The van der Waals surface area contributed by atoms with Crippen molar-refractivity contribution in [3.05, 3.63) is 27.4 Å². The third-order valence-electron chi connectivity index (χ3n) is 1.60. The van der Waals surface area contributed by atoms with Gasteiger partial charge in [-0.25, -0.2) is 13.8 Å². The van der Waals surface area contributed by atoms with Crippen molar-refractivity contribution >= 4 is 11.5 Å². The highest BCUT2D eigenvalue weighted by atomic mass is 19.3. The molecule has 0 saturated heterocycles.